The van der Waals surface area contributed by atoms with Crippen LogP contribution in [0.4, 0.5) is 0 Å². The number of nitrogens with one attached hydrogen (secondary N) is 1. The topological polar surface area (TPSA) is 64.9 Å². The van der Waals surface area contributed by atoms with Crippen LogP contribution in [-0.4, -0.2) is 26.8 Å². The van der Waals surface area contributed by atoms with Crippen molar-refractivity contribution in [3.05, 3.63) is 35.2 Å². The highest BCUT2D eigenvalue weighted by Gasteiger charge is 2.12. The molecule has 20 heavy (non-hydrogen) atoms. The van der Waals surface area contributed by atoms with E-state index in [2.05, 4.69) is 53.6 Å². The maximum Gasteiger partial charge on any atom is 0.212 e. The van der Waals surface area contributed by atoms with Crippen molar-refractivity contribution in [1.29, 1.82) is 0 Å². The van der Waals surface area contributed by atoms with Crippen LogP contribution in [-0.2, 0) is 13.7 Å². The van der Waals surface area contributed by atoms with E-state index in [0.29, 0.717) is 12.4 Å². The van der Waals surface area contributed by atoms with Gasteiger partial charge in [-0.3, -0.25) is 0 Å². The Morgan fingerprint density at radius 2 is 2.20 bits per heavy atom. The summed E-state index contributed by atoms with van der Waals surface area (Å²) >= 11 is 0. The van der Waals surface area contributed by atoms with Gasteiger partial charge in [0, 0.05) is 11.6 Å². The third-order valence-electron chi connectivity index (χ3n) is 3.05. The summed E-state index contributed by atoms with van der Waals surface area (Å²) in [5.41, 5.74) is 2.31. The van der Waals surface area contributed by atoms with Gasteiger partial charge in [0.15, 0.2) is 6.61 Å². The molecule has 2 aromatic rings. The van der Waals surface area contributed by atoms with Gasteiger partial charge in [0.05, 0.1) is 7.05 Å². The average Bonchev–Trinajstić information content (AvgIpc) is 2.82. The number of hydrogen-bond donors (Lipinski definition) is 1. The molecule has 0 aliphatic rings. The van der Waals surface area contributed by atoms with Crippen LogP contribution >= 0.6 is 0 Å². The Bertz CT molecular complexity index is 566. The van der Waals surface area contributed by atoms with Crippen LogP contribution in [0.15, 0.2) is 18.2 Å². The van der Waals surface area contributed by atoms with Crippen LogP contribution < -0.4 is 10.1 Å². The smallest absolute Gasteiger partial charge is 0.212 e. The quantitative estimate of drug-likeness (QED) is 0.870. The molecule has 1 aromatic heterocycles. The van der Waals surface area contributed by atoms with Gasteiger partial charge in [0.2, 0.25) is 5.82 Å². The molecule has 1 heterocycles. The number of hydrogen-bond acceptors (Lipinski definition) is 5. The van der Waals surface area contributed by atoms with Crippen LogP contribution in [0.25, 0.3) is 0 Å². The second-order valence-corrected chi connectivity index (χ2v) is 4.80. The van der Waals surface area contributed by atoms with Crippen LogP contribution in [0, 0.1) is 6.92 Å². The van der Waals surface area contributed by atoms with E-state index in [1.165, 1.54) is 10.4 Å². The summed E-state index contributed by atoms with van der Waals surface area (Å²) in [7, 11) is 1.74. The van der Waals surface area contributed by atoms with E-state index in [1.807, 2.05) is 6.07 Å². The fraction of sp³-hybridized carbons (Fsp3) is 0.500. The molecular weight excluding hydrogens is 254 g/mol. The first-order valence-corrected chi connectivity index (χ1v) is 6.79. The lowest BCUT2D eigenvalue weighted by Crippen LogP contribution is -2.18. The molecule has 0 aliphatic heterocycles. The highest BCUT2D eigenvalue weighted by molar-refractivity contribution is 5.39. The summed E-state index contributed by atoms with van der Waals surface area (Å²) in [6.07, 6.45) is 0. The third kappa shape index (κ3) is 3.54. The van der Waals surface area contributed by atoms with Gasteiger partial charge in [-0.05, 0) is 37.2 Å². The lowest BCUT2D eigenvalue weighted by molar-refractivity contribution is 0.289. The van der Waals surface area contributed by atoms with Gasteiger partial charge in [-0.2, -0.15) is 4.80 Å². The van der Waals surface area contributed by atoms with Crippen LogP contribution in [0.5, 0.6) is 5.75 Å². The first kappa shape index (κ1) is 14.5. The Balaban J connectivity index is 2.14. The largest absolute Gasteiger partial charge is 0.485 e. The molecule has 0 aliphatic carbocycles. The first-order valence-electron chi connectivity index (χ1n) is 6.79. The van der Waals surface area contributed by atoms with Gasteiger partial charge in [-0.1, -0.05) is 19.1 Å². The van der Waals surface area contributed by atoms with Crippen molar-refractivity contribution in [1.82, 2.24) is 25.5 Å². The Labute approximate surface area is 119 Å². The molecule has 1 aromatic carbocycles. The van der Waals surface area contributed by atoms with Crippen LogP contribution in [0.1, 0.15) is 36.8 Å². The lowest BCUT2D eigenvalue weighted by atomic mass is 10.0. The van der Waals surface area contributed by atoms with Crippen molar-refractivity contribution >= 4 is 0 Å². The molecule has 0 fully saturated rings. The van der Waals surface area contributed by atoms with Crippen molar-refractivity contribution in [2.24, 2.45) is 7.05 Å². The highest BCUT2D eigenvalue weighted by Crippen LogP contribution is 2.26. The molecule has 1 N–H and O–H groups in total. The van der Waals surface area contributed by atoms with Gasteiger partial charge < -0.3 is 10.1 Å². The van der Waals surface area contributed by atoms with E-state index in [-0.39, 0.29) is 6.04 Å². The zero-order valence-electron chi connectivity index (χ0n) is 12.4. The third-order valence-corrected chi connectivity index (χ3v) is 3.05. The second-order valence-electron chi connectivity index (χ2n) is 4.80. The maximum atomic E-state index is 5.87. The highest BCUT2D eigenvalue weighted by atomic mass is 16.5. The molecule has 1 atom stereocenters. The molecule has 0 spiro atoms. The zero-order valence-corrected chi connectivity index (χ0v) is 12.4. The Morgan fingerprint density at radius 1 is 1.40 bits per heavy atom. The van der Waals surface area contributed by atoms with Crippen molar-refractivity contribution in [3.8, 4) is 5.75 Å². The summed E-state index contributed by atoms with van der Waals surface area (Å²) in [5.74, 6) is 1.45. The number of ether oxygens (including phenoxy) is 1. The van der Waals surface area contributed by atoms with Crippen molar-refractivity contribution in [2.45, 2.75) is 33.4 Å². The predicted octanol–water partition coefficient (Wildman–Crippen LogP) is 1.77. The number of tetrazole rings is 1. The van der Waals surface area contributed by atoms with E-state index < -0.39 is 0 Å². The molecule has 0 saturated heterocycles. The number of aromatic nitrogens is 4. The van der Waals surface area contributed by atoms with Gasteiger partial charge in [0.25, 0.3) is 0 Å². The lowest BCUT2D eigenvalue weighted by Gasteiger charge is -2.17. The number of aryl methyl sites for hydroxylation is 2. The average molecular weight is 275 g/mol. The van der Waals surface area contributed by atoms with Crippen molar-refractivity contribution in [3.63, 3.8) is 0 Å². The number of nitrogens with zero attached hydrogens (tertiary/aromatic N) is 4. The predicted molar refractivity (Wildman–Crippen MR) is 76.4 cm³/mol. The molecule has 0 amide bonds. The number of rotatable bonds is 6. The van der Waals surface area contributed by atoms with Crippen LogP contribution in [0.3, 0.4) is 0 Å². The zero-order chi connectivity index (χ0) is 14.5. The minimum Gasteiger partial charge on any atom is -0.485 e. The monoisotopic (exact) mass is 275 g/mol. The van der Waals surface area contributed by atoms with Crippen LogP contribution in [0.2, 0.25) is 0 Å². The minimum absolute atomic E-state index is 0.241. The molecule has 0 radical (unpaired) electrons. The molecule has 108 valence electrons. The summed E-state index contributed by atoms with van der Waals surface area (Å²) in [6, 6.07) is 6.48. The fourth-order valence-corrected chi connectivity index (χ4v) is 2.06. The molecule has 6 nitrogen and oxygen atoms in total. The summed E-state index contributed by atoms with van der Waals surface area (Å²) in [5, 5.41) is 15.2. The maximum absolute atomic E-state index is 5.87. The summed E-state index contributed by atoms with van der Waals surface area (Å²) in [4.78, 5) is 1.43. The van der Waals surface area contributed by atoms with Gasteiger partial charge in [0.1, 0.15) is 5.75 Å². The van der Waals surface area contributed by atoms with E-state index in [9.17, 15) is 0 Å². The normalized spacial score (nSPS) is 12.4. The van der Waals surface area contributed by atoms with Gasteiger partial charge in [-0.15, -0.1) is 10.2 Å². The standard InChI is InChI=1S/C14H21N5O/c1-5-15-11(3)12-7-6-10(2)8-13(12)20-9-14-16-18-19(4)17-14/h6-8,11,15H,5,9H2,1-4H3. The van der Waals surface area contributed by atoms with Crippen molar-refractivity contribution < 1.29 is 4.74 Å². The Kier molecular flexibility index (Phi) is 4.68. The minimum atomic E-state index is 0.241. The van der Waals surface area contributed by atoms with Gasteiger partial charge in [-0.25, -0.2) is 0 Å². The van der Waals surface area contributed by atoms with E-state index >= 15 is 0 Å². The van der Waals surface area contributed by atoms with E-state index in [4.69, 9.17) is 4.74 Å². The van der Waals surface area contributed by atoms with E-state index in [0.717, 1.165) is 17.9 Å². The molecule has 1 unspecified atom stereocenters. The SMILES string of the molecule is CCNC(C)c1ccc(C)cc1OCc1nnn(C)n1. The van der Waals surface area contributed by atoms with Gasteiger partial charge >= 0.3 is 0 Å². The summed E-state index contributed by atoms with van der Waals surface area (Å²) in [6.45, 7) is 7.51. The van der Waals surface area contributed by atoms with Crippen molar-refractivity contribution in [2.75, 3.05) is 6.54 Å². The fourth-order valence-electron chi connectivity index (χ4n) is 2.06. The molecule has 0 saturated carbocycles. The summed E-state index contributed by atoms with van der Waals surface area (Å²) < 4.78 is 5.87. The molecule has 0 bridgehead atoms. The Hall–Kier alpha value is -1.95. The molecule has 2 rings (SSSR count). The Morgan fingerprint density at radius 3 is 2.85 bits per heavy atom. The molecule has 6 heteroatoms. The van der Waals surface area contributed by atoms with E-state index in [1.54, 1.807) is 7.05 Å². The second kappa shape index (κ2) is 6.47. The number of benzene rings is 1. The first-order chi connectivity index (χ1) is 9.60. The molecular formula is C14H21N5O.